The lowest BCUT2D eigenvalue weighted by molar-refractivity contribution is 0.0970. The standard InChI is InChI=1S/C24H27FN8O5S/c1-14(2)21-30-24(38-31-21)32-9-6-16(7-10-32)37-23-20-22(27-12-28-23)33(13-29-20)15-3-4-19(39(26,35)36)17(11-15)18(34)5-8-25/h3-4,11-14,16H,5-10H2,1-2H3,(H2,26,35,36). The maximum Gasteiger partial charge on any atom is 0.324 e. The minimum Gasteiger partial charge on any atom is -0.473 e. The van der Waals surface area contributed by atoms with E-state index in [1.165, 1.54) is 30.9 Å². The minimum atomic E-state index is -4.20. The van der Waals surface area contributed by atoms with Crippen molar-refractivity contribution in [1.29, 1.82) is 0 Å². The number of hydrogen-bond donors (Lipinski definition) is 1. The molecule has 206 valence electrons. The number of sulfonamides is 1. The number of alkyl halides is 1. The second-order valence-electron chi connectivity index (χ2n) is 9.45. The van der Waals surface area contributed by atoms with Crippen molar-refractivity contribution in [2.75, 3.05) is 24.7 Å². The Bertz CT molecular complexity index is 1610. The maximum absolute atomic E-state index is 12.9. The number of carbonyl (C=O) groups excluding carboxylic acids is 1. The summed E-state index contributed by atoms with van der Waals surface area (Å²) in [6.07, 6.45) is 3.59. The highest BCUT2D eigenvalue weighted by atomic mass is 32.2. The lowest BCUT2D eigenvalue weighted by atomic mass is 10.1. The SMILES string of the molecule is CC(C)c1noc(N2CCC(Oc3ncnc4c3ncn4-c3ccc(S(N)(=O)=O)c(C(=O)CCF)c3)CC2)n1. The number of fused-ring (bicyclic) bond motifs is 1. The van der Waals surface area contributed by atoms with Crippen molar-refractivity contribution in [3.63, 3.8) is 0 Å². The molecule has 1 aliphatic heterocycles. The van der Waals surface area contributed by atoms with Crippen molar-refractivity contribution in [1.82, 2.24) is 29.7 Å². The first-order chi connectivity index (χ1) is 18.7. The molecule has 15 heteroatoms. The van der Waals surface area contributed by atoms with E-state index in [1.54, 1.807) is 4.57 Å². The van der Waals surface area contributed by atoms with Gasteiger partial charge in [0.1, 0.15) is 18.8 Å². The monoisotopic (exact) mass is 558 g/mol. The Balaban J connectivity index is 1.37. The van der Waals surface area contributed by atoms with Crippen molar-refractivity contribution in [2.45, 2.75) is 50.0 Å². The molecule has 13 nitrogen and oxygen atoms in total. The van der Waals surface area contributed by atoms with Gasteiger partial charge in [-0.2, -0.15) is 9.97 Å². The highest BCUT2D eigenvalue weighted by molar-refractivity contribution is 7.89. The van der Waals surface area contributed by atoms with Gasteiger partial charge in [0.25, 0.3) is 0 Å². The molecule has 3 aromatic heterocycles. The van der Waals surface area contributed by atoms with Crippen LogP contribution in [-0.4, -0.2) is 69.7 Å². The van der Waals surface area contributed by atoms with Gasteiger partial charge in [0.05, 0.1) is 11.6 Å². The number of halogens is 1. The second-order valence-corrected chi connectivity index (χ2v) is 11.0. The molecule has 0 radical (unpaired) electrons. The third-order valence-electron chi connectivity index (χ3n) is 6.41. The van der Waals surface area contributed by atoms with Gasteiger partial charge in [0.15, 0.2) is 22.8 Å². The number of carbonyl (C=O) groups is 1. The van der Waals surface area contributed by atoms with Crippen LogP contribution in [0.3, 0.4) is 0 Å². The van der Waals surface area contributed by atoms with Gasteiger partial charge in [0, 0.05) is 49.5 Å². The third kappa shape index (κ3) is 5.45. The first kappa shape index (κ1) is 26.6. The Kier molecular flexibility index (Phi) is 7.27. The summed E-state index contributed by atoms with van der Waals surface area (Å²) in [5.41, 5.74) is 0.973. The topological polar surface area (TPSA) is 172 Å². The number of hydrogen-bond acceptors (Lipinski definition) is 11. The van der Waals surface area contributed by atoms with E-state index in [1.807, 2.05) is 18.7 Å². The van der Waals surface area contributed by atoms with Gasteiger partial charge in [-0.3, -0.25) is 13.8 Å². The first-order valence-electron chi connectivity index (χ1n) is 12.4. The van der Waals surface area contributed by atoms with Crippen LogP contribution in [0.2, 0.25) is 0 Å². The summed E-state index contributed by atoms with van der Waals surface area (Å²) < 4.78 is 50.0. The fourth-order valence-electron chi connectivity index (χ4n) is 4.36. The predicted molar refractivity (Wildman–Crippen MR) is 137 cm³/mol. The van der Waals surface area contributed by atoms with Crippen LogP contribution in [0, 0.1) is 0 Å². The van der Waals surface area contributed by atoms with E-state index >= 15 is 0 Å². The van der Waals surface area contributed by atoms with Crippen LogP contribution in [0.4, 0.5) is 10.4 Å². The van der Waals surface area contributed by atoms with Crippen molar-refractivity contribution in [3.8, 4) is 11.6 Å². The number of nitrogens with two attached hydrogens (primary N) is 1. The smallest absolute Gasteiger partial charge is 0.324 e. The van der Waals surface area contributed by atoms with Crippen LogP contribution in [0.25, 0.3) is 16.9 Å². The van der Waals surface area contributed by atoms with Gasteiger partial charge in [0.2, 0.25) is 15.9 Å². The Morgan fingerprint density at radius 3 is 2.67 bits per heavy atom. The summed E-state index contributed by atoms with van der Waals surface area (Å²) in [6, 6.07) is 4.51. The number of imidazole rings is 1. The van der Waals surface area contributed by atoms with Crippen LogP contribution < -0.4 is 14.8 Å². The number of ether oxygens (including phenoxy) is 1. The molecule has 4 heterocycles. The molecule has 0 aliphatic carbocycles. The molecule has 1 aliphatic rings. The Morgan fingerprint density at radius 1 is 1.23 bits per heavy atom. The lowest BCUT2D eigenvalue weighted by Gasteiger charge is -2.30. The molecule has 39 heavy (non-hydrogen) atoms. The molecule has 0 unspecified atom stereocenters. The fraction of sp³-hybridized carbons (Fsp3) is 0.417. The van der Waals surface area contributed by atoms with E-state index in [-0.39, 0.29) is 22.5 Å². The predicted octanol–water partition coefficient (Wildman–Crippen LogP) is 2.56. The zero-order chi connectivity index (χ0) is 27.7. The average molecular weight is 559 g/mol. The van der Waals surface area contributed by atoms with Gasteiger partial charge in [-0.15, -0.1) is 0 Å². The summed E-state index contributed by atoms with van der Waals surface area (Å²) in [5, 5.41) is 9.29. The van der Waals surface area contributed by atoms with Gasteiger partial charge in [-0.25, -0.2) is 23.5 Å². The highest BCUT2D eigenvalue weighted by Gasteiger charge is 2.26. The lowest BCUT2D eigenvalue weighted by Crippen LogP contribution is -2.38. The third-order valence-corrected chi connectivity index (χ3v) is 7.38. The van der Waals surface area contributed by atoms with Crippen LogP contribution in [0.15, 0.2) is 40.3 Å². The number of Topliss-reactive ketones (excluding diaryl/α,β-unsaturated/α-hetero) is 1. The van der Waals surface area contributed by atoms with E-state index in [0.717, 1.165) is 0 Å². The zero-order valence-corrected chi connectivity index (χ0v) is 22.1. The number of ketones is 1. The molecule has 0 bridgehead atoms. The maximum atomic E-state index is 12.9. The van der Waals surface area contributed by atoms with Crippen molar-refractivity contribution >= 4 is 33.0 Å². The Morgan fingerprint density at radius 2 is 2.00 bits per heavy atom. The van der Waals surface area contributed by atoms with Gasteiger partial charge >= 0.3 is 6.01 Å². The van der Waals surface area contributed by atoms with E-state index in [0.29, 0.717) is 60.5 Å². The summed E-state index contributed by atoms with van der Waals surface area (Å²) in [7, 11) is -4.20. The van der Waals surface area contributed by atoms with E-state index in [4.69, 9.17) is 14.4 Å². The Labute approximate surface area is 223 Å². The molecule has 1 aromatic carbocycles. The normalized spacial score (nSPS) is 14.8. The molecule has 1 saturated heterocycles. The molecule has 0 amide bonds. The van der Waals surface area contributed by atoms with Gasteiger partial charge in [-0.05, 0) is 18.2 Å². The zero-order valence-electron chi connectivity index (χ0n) is 21.3. The number of rotatable bonds is 9. The minimum absolute atomic E-state index is 0.129. The van der Waals surface area contributed by atoms with Crippen LogP contribution in [-0.2, 0) is 10.0 Å². The first-order valence-corrected chi connectivity index (χ1v) is 13.9. The molecular weight excluding hydrogens is 531 g/mol. The molecule has 0 spiro atoms. The summed E-state index contributed by atoms with van der Waals surface area (Å²) in [4.78, 5) is 31.6. The highest BCUT2D eigenvalue weighted by Crippen LogP contribution is 2.28. The number of anilines is 1. The van der Waals surface area contributed by atoms with Crippen LogP contribution >= 0.6 is 0 Å². The summed E-state index contributed by atoms with van der Waals surface area (Å²) >= 11 is 0. The number of primary sulfonamides is 1. The van der Waals surface area contributed by atoms with E-state index < -0.39 is 28.9 Å². The summed E-state index contributed by atoms with van der Waals surface area (Å²) in [5.74, 6) is 0.462. The quantitative estimate of drug-likeness (QED) is 0.299. The fourth-order valence-corrected chi connectivity index (χ4v) is 5.09. The molecule has 2 N–H and O–H groups in total. The van der Waals surface area contributed by atoms with Crippen LogP contribution in [0.1, 0.15) is 55.2 Å². The molecule has 1 fully saturated rings. The molecule has 0 atom stereocenters. The summed E-state index contributed by atoms with van der Waals surface area (Å²) in [6.45, 7) is 4.41. The molecule has 4 aromatic rings. The molecule has 5 rings (SSSR count). The second kappa shape index (κ2) is 10.6. The number of piperidine rings is 1. The Hall–Kier alpha value is -3.98. The van der Waals surface area contributed by atoms with Gasteiger partial charge < -0.3 is 14.2 Å². The largest absolute Gasteiger partial charge is 0.473 e. The number of aromatic nitrogens is 6. The van der Waals surface area contributed by atoms with E-state index in [2.05, 4.69) is 25.1 Å². The number of benzene rings is 1. The van der Waals surface area contributed by atoms with Gasteiger partial charge in [-0.1, -0.05) is 19.0 Å². The van der Waals surface area contributed by atoms with Crippen LogP contribution in [0.5, 0.6) is 5.88 Å². The van der Waals surface area contributed by atoms with Crippen molar-refractivity contribution < 1.29 is 26.9 Å². The van der Waals surface area contributed by atoms with Crippen molar-refractivity contribution in [3.05, 3.63) is 42.2 Å². The van der Waals surface area contributed by atoms with E-state index in [9.17, 15) is 17.6 Å². The number of nitrogens with zero attached hydrogens (tertiary/aromatic N) is 7. The molecule has 0 saturated carbocycles. The average Bonchev–Trinajstić information content (AvgIpc) is 3.57. The van der Waals surface area contributed by atoms with Crippen molar-refractivity contribution in [2.24, 2.45) is 5.14 Å². The molecular formula is C24H27FN8O5S.